The van der Waals surface area contributed by atoms with Crippen LogP contribution in [0.2, 0.25) is 0 Å². The first-order valence-electron chi connectivity index (χ1n) is 8.39. The molecule has 23 heavy (non-hydrogen) atoms. The molecule has 0 radical (unpaired) electrons. The van der Waals surface area contributed by atoms with Gasteiger partial charge < -0.3 is 14.2 Å². The summed E-state index contributed by atoms with van der Waals surface area (Å²) in [6.07, 6.45) is 0. The van der Waals surface area contributed by atoms with Crippen LogP contribution in [-0.4, -0.2) is 69.5 Å². The molecule has 1 aromatic rings. The first-order valence-corrected chi connectivity index (χ1v) is 8.39. The van der Waals surface area contributed by atoms with Gasteiger partial charge in [-0.05, 0) is 19.9 Å². The Kier molecular flexibility index (Phi) is 7.15. The number of ether oxygens (including phenoxy) is 3. The second kappa shape index (κ2) is 9.11. The van der Waals surface area contributed by atoms with E-state index in [0.717, 1.165) is 57.4 Å². The van der Waals surface area contributed by atoms with Gasteiger partial charge in [-0.3, -0.25) is 9.80 Å². The standard InChI is InChI=1S/C18H30N2O3/c1-15(2)20(8-7-19-9-11-23-12-10-19)14-16-5-6-17(21-3)13-18(16)22-4/h5-6,13,15H,7-12,14H2,1-4H3. The van der Waals surface area contributed by atoms with Gasteiger partial charge in [0.05, 0.1) is 27.4 Å². The molecule has 0 aromatic heterocycles. The van der Waals surface area contributed by atoms with Gasteiger partial charge >= 0.3 is 0 Å². The molecule has 0 N–H and O–H groups in total. The molecule has 1 saturated heterocycles. The number of rotatable bonds is 8. The van der Waals surface area contributed by atoms with E-state index in [0.29, 0.717) is 6.04 Å². The summed E-state index contributed by atoms with van der Waals surface area (Å²) in [6.45, 7) is 11.3. The van der Waals surface area contributed by atoms with Gasteiger partial charge in [-0.15, -0.1) is 0 Å². The molecule has 2 rings (SSSR count). The average molecular weight is 322 g/mol. The van der Waals surface area contributed by atoms with Crippen LogP contribution < -0.4 is 9.47 Å². The first kappa shape index (κ1) is 18.0. The van der Waals surface area contributed by atoms with Crippen LogP contribution in [0.4, 0.5) is 0 Å². The molecule has 0 spiro atoms. The number of morpholine rings is 1. The van der Waals surface area contributed by atoms with E-state index in [1.54, 1.807) is 14.2 Å². The summed E-state index contributed by atoms with van der Waals surface area (Å²) < 4.78 is 16.2. The molecule has 130 valence electrons. The monoisotopic (exact) mass is 322 g/mol. The van der Waals surface area contributed by atoms with E-state index in [2.05, 4.69) is 29.7 Å². The van der Waals surface area contributed by atoms with Crippen LogP contribution in [0.25, 0.3) is 0 Å². The Morgan fingerprint density at radius 3 is 2.52 bits per heavy atom. The van der Waals surface area contributed by atoms with Crippen LogP contribution in [0.3, 0.4) is 0 Å². The van der Waals surface area contributed by atoms with Gasteiger partial charge in [-0.2, -0.15) is 0 Å². The smallest absolute Gasteiger partial charge is 0.127 e. The number of nitrogens with zero attached hydrogens (tertiary/aromatic N) is 2. The third-order valence-corrected chi connectivity index (χ3v) is 4.41. The average Bonchev–Trinajstić information content (AvgIpc) is 2.59. The van der Waals surface area contributed by atoms with Crippen LogP contribution in [0.15, 0.2) is 18.2 Å². The molecule has 0 saturated carbocycles. The molecule has 1 fully saturated rings. The molecular formula is C18H30N2O3. The van der Waals surface area contributed by atoms with Crippen molar-refractivity contribution in [1.29, 1.82) is 0 Å². The molecule has 1 heterocycles. The number of benzene rings is 1. The molecule has 0 bridgehead atoms. The number of hydrogen-bond acceptors (Lipinski definition) is 5. The lowest BCUT2D eigenvalue weighted by Crippen LogP contribution is -2.43. The maximum absolute atomic E-state index is 5.53. The third kappa shape index (κ3) is 5.37. The van der Waals surface area contributed by atoms with Crippen LogP contribution in [-0.2, 0) is 11.3 Å². The zero-order valence-corrected chi connectivity index (χ0v) is 14.9. The van der Waals surface area contributed by atoms with Crippen molar-refractivity contribution in [1.82, 2.24) is 9.80 Å². The summed E-state index contributed by atoms with van der Waals surface area (Å²) in [5.41, 5.74) is 1.20. The Hall–Kier alpha value is -1.30. The van der Waals surface area contributed by atoms with Gasteiger partial charge in [0, 0.05) is 50.4 Å². The molecule has 0 atom stereocenters. The van der Waals surface area contributed by atoms with E-state index in [4.69, 9.17) is 14.2 Å². The lowest BCUT2D eigenvalue weighted by Gasteiger charge is -2.32. The molecular weight excluding hydrogens is 292 g/mol. The highest BCUT2D eigenvalue weighted by molar-refractivity contribution is 5.40. The van der Waals surface area contributed by atoms with Crippen molar-refractivity contribution in [3.8, 4) is 11.5 Å². The van der Waals surface area contributed by atoms with Gasteiger partial charge in [0.1, 0.15) is 11.5 Å². The maximum Gasteiger partial charge on any atom is 0.127 e. The molecule has 0 unspecified atom stereocenters. The van der Waals surface area contributed by atoms with Crippen molar-refractivity contribution >= 4 is 0 Å². The molecule has 1 aromatic carbocycles. The second-order valence-corrected chi connectivity index (χ2v) is 6.20. The fourth-order valence-corrected chi connectivity index (χ4v) is 2.82. The molecule has 0 aliphatic carbocycles. The Labute approximate surface area is 140 Å². The summed E-state index contributed by atoms with van der Waals surface area (Å²) in [7, 11) is 3.39. The van der Waals surface area contributed by atoms with Gasteiger partial charge in [-0.25, -0.2) is 0 Å². The SMILES string of the molecule is COc1ccc(CN(CCN2CCOCC2)C(C)C)c(OC)c1. The first-order chi connectivity index (χ1) is 11.1. The predicted molar refractivity (Wildman–Crippen MR) is 92.4 cm³/mol. The van der Waals surface area contributed by atoms with Crippen LogP contribution >= 0.6 is 0 Å². The Bertz CT molecular complexity index is 473. The highest BCUT2D eigenvalue weighted by Gasteiger charge is 2.16. The normalized spacial score (nSPS) is 16.1. The fourth-order valence-electron chi connectivity index (χ4n) is 2.82. The Morgan fingerprint density at radius 2 is 1.91 bits per heavy atom. The van der Waals surface area contributed by atoms with E-state index < -0.39 is 0 Å². The summed E-state index contributed by atoms with van der Waals surface area (Å²) in [6, 6.07) is 6.54. The van der Waals surface area contributed by atoms with Crippen molar-refractivity contribution in [3.63, 3.8) is 0 Å². The second-order valence-electron chi connectivity index (χ2n) is 6.20. The van der Waals surface area contributed by atoms with Crippen molar-refractivity contribution in [2.24, 2.45) is 0 Å². The topological polar surface area (TPSA) is 34.2 Å². The lowest BCUT2D eigenvalue weighted by molar-refractivity contribution is 0.0311. The van der Waals surface area contributed by atoms with Crippen LogP contribution in [0.5, 0.6) is 11.5 Å². The highest BCUT2D eigenvalue weighted by Crippen LogP contribution is 2.26. The fraction of sp³-hybridized carbons (Fsp3) is 0.667. The minimum absolute atomic E-state index is 0.489. The molecule has 1 aliphatic heterocycles. The predicted octanol–water partition coefficient (Wildman–Crippen LogP) is 2.25. The summed E-state index contributed by atoms with van der Waals surface area (Å²) in [5, 5.41) is 0. The van der Waals surface area contributed by atoms with Crippen LogP contribution in [0.1, 0.15) is 19.4 Å². The molecule has 0 amide bonds. The van der Waals surface area contributed by atoms with Gasteiger partial charge in [0.2, 0.25) is 0 Å². The van der Waals surface area contributed by atoms with Crippen LogP contribution in [0, 0.1) is 0 Å². The molecule has 5 heteroatoms. The Morgan fingerprint density at radius 1 is 1.17 bits per heavy atom. The number of hydrogen-bond donors (Lipinski definition) is 0. The van der Waals surface area contributed by atoms with Crippen molar-refractivity contribution in [2.75, 3.05) is 53.6 Å². The van der Waals surface area contributed by atoms with Crippen molar-refractivity contribution in [3.05, 3.63) is 23.8 Å². The number of methoxy groups -OCH3 is 2. The lowest BCUT2D eigenvalue weighted by atomic mass is 10.1. The zero-order valence-electron chi connectivity index (χ0n) is 14.9. The van der Waals surface area contributed by atoms with Crippen molar-refractivity contribution < 1.29 is 14.2 Å². The van der Waals surface area contributed by atoms with Crippen molar-refractivity contribution in [2.45, 2.75) is 26.4 Å². The third-order valence-electron chi connectivity index (χ3n) is 4.41. The highest BCUT2D eigenvalue weighted by atomic mass is 16.5. The summed E-state index contributed by atoms with van der Waals surface area (Å²) in [5.74, 6) is 1.72. The van der Waals surface area contributed by atoms with Gasteiger partial charge in [-0.1, -0.05) is 6.07 Å². The molecule has 5 nitrogen and oxygen atoms in total. The summed E-state index contributed by atoms with van der Waals surface area (Å²) in [4.78, 5) is 4.96. The van der Waals surface area contributed by atoms with E-state index in [9.17, 15) is 0 Å². The quantitative estimate of drug-likeness (QED) is 0.733. The van der Waals surface area contributed by atoms with E-state index in [1.165, 1.54) is 5.56 Å². The Balaban J connectivity index is 1.98. The van der Waals surface area contributed by atoms with E-state index in [1.807, 2.05) is 12.1 Å². The van der Waals surface area contributed by atoms with Gasteiger partial charge in [0.25, 0.3) is 0 Å². The summed E-state index contributed by atoms with van der Waals surface area (Å²) >= 11 is 0. The van der Waals surface area contributed by atoms with Gasteiger partial charge in [0.15, 0.2) is 0 Å². The van der Waals surface area contributed by atoms with E-state index in [-0.39, 0.29) is 0 Å². The minimum Gasteiger partial charge on any atom is -0.497 e. The zero-order chi connectivity index (χ0) is 16.7. The molecule has 1 aliphatic rings. The van der Waals surface area contributed by atoms with E-state index >= 15 is 0 Å². The maximum atomic E-state index is 5.53. The minimum atomic E-state index is 0.489. The largest absolute Gasteiger partial charge is 0.497 e.